The van der Waals surface area contributed by atoms with Gasteiger partial charge in [0.1, 0.15) is 0 Å². The van der Waals surface area contributed by atoms with Crippen LogP contribution in [0.4, 0.5) is 0 Å². The highest BCUT2D eigenvalue weighted by atomic mass is 15.0. The molecule has 1 fully saturated rings. The maximum absolute atomic E-state index is 3.60. The van der Waals surface area contributed by atoms with Crippen LogP contribution in [0.1, 0.15) is 18.9 Å². The Morgan fingerprint density at radius 1 is 1.20 bits per heavy atom. The molecule has 1 aliphatic rings. The minimum absolute atomic E-state index is 0.581. The van der Waals surface area contributed by atoms with Gasteiger partial charge in [-0.2, -0.15) is 0 Å². The predicted octanol–water partition coefficient (Wildman–Crippen LogP) is 1.57. The smallest absolute Gasteiger partial charge is 0.0232 e. The zero-order valence-electron chi connectivity index (χ0n) is 9.37. The van der Waals surface area contributed by atoms with Gasteiger partial charge in [0.25, 0.3) is 0 Å². The SMILES string of the molecule is CC1CCNC(Cc2ccccc2)CN1. The van der Waals surface area contributed by atoms with Crippen LogP contribution in [0.2, 0.25) is 0 Å². The van der Waals surface area contributed by atoms with Crippen LogP contribution in [0.15, 0.2) is 30.3 Å². The molecule has 1 saturated heterocycles. The molecule has 0 bridgehead atoms. The Labute approximate surface area is 92.1 Å². The summed E-state index contributed by atoms with van der Waals surface area (Å²) in [6, 6.07) is 11.9. The van der Waals surface area contributed by atoms with Crippen LogP contribution in [0, 0.1) is 0 Å². The summed E-state index contributed by atoms with van der Waals surface area (Å²) >= 11 is 0. The molecule has 0 saturated carbocycles. The van der Waals surface area contributed by atoms with Gasteiger partial charge in [0.05, 0.1) is 0 Å². The molecule has 0 radical (unpaired) electrons. The van der Waals surface area contributed by atoms with Crippen molar-refractivity contribution in [2.75, 3.05) is 13.1 Å². The molecular formula is C13H20N2. The molecule has 1 aromatic carbocycles. The molecule has 2 heteroatoms. The van der Waals surface area contributed by atoms with Gasteiger partial charge < -0.3 is 10.6 Å². The summed E-state index contributed by atoms with van der Waals surface area (Å²) in [5, 5.41) is 7.15. The summed E-state index contributed by atoms with van der Waals surface area (Å²) in [6.45, 7) is 4.47. The van der Waals surface area contributed by atoms with E-state index in [4.69, 9.17) is 0 Å². The highest BCUT2D eigenvalue weighted by Crippen LogP contribution is 2.05. The minimum atomic E-state index is 0.581. The summed E-state index contributed by atoms with van der Waals surface area (Å²) in [5.41, 5.74) is 1.42. The molecule has 2 rings (SSSR count). The number of rotatable bonds is 2. The first-order valence-electron chi connectivity index (χ1n) is 5.85. The molecule has 0 aromatic heterocycles. The number of hydrogen-bond donors (Lipinski definition) is 2. The normalized spacial score (nSPS) is 27.3. The van der Waals surface area contributed by atoms with Crippen molar-refractivity contribution in [1.82, 2.24) is 10.6 Å². The molecule has 2 nitrogen and oxygen atoms in total. The monoisotopic (exact) mass is 204 g/mol. The van der Waals surface area contributed by atoms with Gasteiger partial charge in [-0.15, -0.1) is 0 Å². The fourth-order valence-corrected chi connectivity index (χ4v) is 2.06. The van der Waals surface area contributed by atoms with Crippen LogP contribution in [0.5, 0.6) is 0 Å². The summed E-state index contributed by atoms with van der Waals surface area (Å²) in [6.07, 6.45) is 2.35. The van der Waals surface area contributed by atoms with Gasteiger partial charge in [-0.1, -0.05) is 30.3 Å². The number of nitrogens with one attached hydrogen (secondary N) is 2. The average Bonchev–Trinajstić information content (AvgIpc) is 2.46. The Balaban J connectivity index is 1.89. The van der Waals surface area contributed by atoms with Crippen LogP contribution >= 0.6 is 0 Å². The van der Waals surface area contributed by atoms with Gasteiger partial charge in [-0.25, -0.2) is 0 Å². The zero-order chi connectivity index (χ0) is 10.5. The van der Waals surface area contributed by atoms with Crippen LogP contribution in [-0.4, -0.2) is 25.2 Å². The topological polar surface area (TPSA) is 24.1 Å². The largest absolute Gasteiger partial charge is 0.313 e. The van der Waals surface area contributed by atoms with Gasteiger partial charge in [-0.3, -0.25) is 0 Å². The molecule has 1 aliphatic heterocycles. The molecule has 1 heterocycles. The Kier molecular flexibility index (Phi) is 3.75. The van der Waals surface area contributed by atoms with Crippen LogP contribution in [0.3, 0.4) is 0 Å². The van der Waals surface area contributed by atoms with Crippen molar-refractivity contribution < 1.29 is 0 Å². The van der Waals surface area contributed by atoms with Crippen molar-refractivity contribution in [3.05, 3.63) is 35.9 Å². The van der Waals surface area contributed by atoms with Gasteiger partial charge in [0, 0.05) is 18.6 Å². The fraction of sp³-hybridized carbons (Fsp3) is 0.538. The van der Waals surface area contributed by atoms with Gasteiger partial charge >= 0.3 is 0 Å². The number of hydrogen-bond acceptors (Lipinski definition) is 2. The van der Waals surface area contributed by atoms with Crippen molar-refractivity contribution in [3.63, 3.8) is 0 Å². The van der Waals surface area contributed by atoms with E-state index in [2.05, 4.69) is 47.9 Å². The molecule has 0 spiro atoms. The van der Waals surface area contributed by atoms with Crippen LogP contribution in [0.25, 0.3) is 0 Å². The van der Waals surface area contributed by atoms with E-state index in [0.717, 1.165) is 19.5 Å². The van der Waals surface area contributed by atoms with Crippen molar-refractivity contribution in [2.24, 2.45) is 0 Å². The molecule has 2 atom stereocenters. The van der Waals surface area contributed by atoms with Crippen LogP contribution < -0.4 is 10.6 Å². The van der Waals surface area contributed by atoms with E-state index in [1.165, 1.54) is 12.0 Å². The second-order valence-corrected chi connectivity index (χ2v) is 4.44. The van der Waals surface area contributed by atoms with E-state index < -0.39 is 0 Å². The number of benzene rings is 1. The quantitative estimate of drug-likeness (QED) is 0.764. The molecule has 82 valence electrons. The standard InChI is InChI=1S/C13H20N2/c1-11-7-8-14-13(10-15-11)9-12-5-3-2-4-6-12/h2-6,11,13-15H,7-10H2,1H3. The predicted molar refractivity (Wildman–Crippen MR) is 64.0 cm³/mol. The minimum Gasteiger partial charge on any atom is -0.313 e. The maximum atomic E-state index is 3.60. The highest BCUT2D eigenvalue weighted by Gasteiger charge is 2.14. The molecule has 2 N–H and O–H groups in total. The first-order valence-corrected chi connectivity index (χ1v) is 5.85. The molecule has 15 heavy (non-hydrogen) atoms. The Hall–Kier alpha value is -0.860. The average molecular weight is 204 g/mol. The van der Waals surface area contributed by atoms with Crippen molar-refractivity contribution in [1.29, 1.82) is 0 Å². The summed E-state index contributed by atoms with van der Waals surface area (Å²) in [5.74, 6) is 0. The Morgan fingerprint density at radius 2 is 2.00 bits per heavy atom. The molecular weight excluding hydrogens is 184 g/mol. The zero-order valence-corrected chi connectivity index (χ0v) is 9.37. The Bertz CT molecular complexity index is 284. The third kappa shape index (κ3) is 3.33. The fourth-order valence-electron chi connectivity index (χ4n) is 2.06. The van der Waals surface area contributed by atoms with Gasteiger partial charge in [0.15, 0.2) is 0 Å². The van der Waals surface area contributed by atoms with E-state index in [1.54, 1.807) is 0 Å². The lowest BCUT2D eigenvalue weighted by Gasteiger charge is -2.16. The molecule has 0 aliphatic carbocycles. The second-order valence-electron chi connectivity index (χ2n) is 4.44. The van der Waals surface area contributed by atoms with Crippen LogP contribution in [-0.2, 0) is 6.42 Å². The first kappa shape index (κ1) is 10.7. The molecule has 2 unspecified atom stereocenters. The maximum Gasteiger partial charge on any atom is 0.0232 e. The molecule has 1 aromatic rings. The van der Waals surface area contributed by atoms with Crippen molar-refractivity contribution in [2.45, 2.75) is 31.8 Å². The summed E-state index contributed by atoms with van der Waals surface area (Å²) in [4.78, 5) is 0. The van der Waals surface area contributed by atoms with E-state index in [0.29, 0.717) is 12.1 Å². The lowest BCUT2D eigenvalue weighted by Crippen LogP contribution is -2.38. The van der Waals surface area contributed by atoms with Gasteiger partial charge in [-0.05, 0) is 31.9 Å². The second kappa shape index (κ2) is 5.29. The summed E-state index contributed by atoms with van der Waals surface area (Å²) < 4.78 is 0. The molecule has 0 amide bonds. The summed E-state index contributed by atoms with van der Waals surface area (Å²) in [7, 11) is 0. The lowest BCUT2D eigenvalue weighted by atomic mass is 10.1. The van der Waals surface area contributed by atoms with E-state index >= 15 is 0 Å². The third-order valence-corrected chi connectivity index (χ3v) is 3.05. The van der Waals surface area contributed by atoms with Crippen molar-refractivity contribution >= 4 is 0 Å². The third-order valence-electron chi connectivity index (χ3n) is 3.05. The van der Waals surface area contributed by atoms with Gasteiger partial charge in [0.2, 0.25) is 0 Å². The van der Waals surface area contributed by atoms with E-state index in [1.807, 2.05) is 0 Å². The van der Waals surface area contributed by atoms with E-state index in [9.17, 15) is 0 Å². The van der Waals surface area contributed by atoms with Crippen molar-refractivity contribution in [3.8, 4) is 0 Å². The first-order chi connectivity index (χ1) is 7.34. The lowest BCUT2D eigenvalue weighted by molar-refractivity contribution is 0.511. The highest BCUT2D eigenvalue weighted by molar-refractivity contribution is 5.16. The Morgan fingerprint density at radius 3 is 2.80 bits per heavy atom. The van der Waals surface area contributed by atoms with E-state index in [-0.39, 0.29) is 0 Å².